The van der Waals surface area contributed by atoms with E-state index in [1.54, 1.807) is 31.5 Å². The van der Waals surface area contributed by atoms with Crippen molar-refractivity contribution in [1.82, 2.24) is 9.88 Å². The summed E-state index contributed by atoms with van der Waals surface area (Å²) in [7, 11) is 1.80. The van der Waals surface area contributed by atoms with Crippen molar-refractivity contribution in [2.45, 2.75) is 26.8 Å². The fraction of sp³-hybridized carbons (Fsp3) is 0.375. The number of carboxylic acids is 1. The Kier molecular flexibility index (Phi) is 4.02. The second-order valence-corrected chi connectivity index (χ2v) is 5.68. The summed E-state index contributed by atoms with van der Waals surface area (Å²) in [5, 5.41) is 12.7. The normalized spacial score (nSPS) is 12.6. The summed E-state index contributed by atoms with van der Waals surface area (Å²) < 4.78 is 1.78. The lowest BCUT2D eigenvalue weighted by Crippen LogP contribution is -2.44. The summed E-state index contributed by atoms with van der Waals surface area (Å²) in [6.45, 7) is 5.53. The van der Waals surface area contributed by atoms with Crippen LogP contribution in [0.25, 0.3) is 10.9 Å². The van der Waals surface area contributed by atoms with E-state index < -0.39 is 12.0 Å². The van der Waals surface area contributed by atoms with E-state index in [0.29, 0.717) is 5.69 Å². The smallest absolute Gasteiger partial charge is 0.326 e. The van der Waals surface area contributed by atoms with Gasteiger partial charge in [0.25, 0.3) is 5.91 Å². The van der Waals surface area contributed by atoms with Crippen LogP contribution in [0.15, 0.2) is 24.3 Å². The van der Waals surface area contributed by atoms with Crippen molar-refractivity contribution in [3.63, 3.8) is 0 Å². The number of benzene rings is 1. The Morgan fingerprint density at radius 2 is 1.90 bits per heavy atom. The van der Waals surface area contributed by atoms with Crippen LogP contribution in [-0.2, 0) is 11.8 Å². The lowest BCUT2D eigenvalue weighted by molar-refractivity contribution is -0.140. The molecule has 112 valence electrons. The van der Waals surface area contributed by atoms with Crippen molar-refractivity contribution in [3.05, 3.63) is 35.5 Å². The predicted octanol–water partition coefficient (Wildman–Crippen LogP) is 2.33. The summed E-state index contributed by atoms with van der Waals surface area (Å²) in [4.78, 5) is 23.5. The van der Waals surface area contributed by atoms with Crippen LogP contribution in [0.2, 0.25) is 0 Å². The first-order valence-corrected chi connectivity index (χ1v) is 6.91. The Morgan fingerprint density at radius 1 is 1.24 bits per heavy atom. The third kappa shape index (κ3) is 2.91. The molecule has 0 aliphatic heterocycles. The standard InChI is InChI=1S/C16H20N2O3/c1-9(2)14(16(20)21)17-15(19)13-8-11-7-10(3)5-6-12(11)18(13)4/h5-9,14H,1-4H3,(H,17,19)(H,20,21). The highest BCUT2D eigenvalue weighted by Gasteiger charge is 2.25. The van der Waals surface area contributed by atoms with Crippen LogP contribution < -0.4 is 5.32 Å². The highest BCUT2D eigenvalue weighted by Crippen LogP contribution is 2.20. The van der Waals surface area contributed by atoms with Crippen molar-refractivity contribution in [1.29, 1.82) is 0 Å². The molecule has 1 aromatic heterocycles. The third-order valence-electron chi connectivity index (χ3n) is 3.65. The first-order chi connectivity index (χ1) is 9.81. The Balaban J connectivity index is 2.35. The molecule has 2 N–H and O–H groups in total. The van der Waals surface area contributed by atoms with Gasteiger partial charge in [-0.2, -0.15) is 0 Å². The molecule has 1 aromatic carbocycles. The predicted molar refractivity (Wildman–Crippen MR) is 81.4 cm³/mol. The summed E-state index contributed by atoms with van der Waals surface area (Å²) in [6, 6.07) is 6.84. The Bertz CT molecular complexity index is 701. The molecule has 0 radical (unpaired) electrons. The Labute approximate surface area is 123 Å². The van der Waals surface area contributed by atoms with Crippen LogP contribution in [0, 0.1) is 12.8 Å². The van der Waals surface area contributed by atoms with Gasteiger partial charge in [-0.05, 0) is 31.0 Å². The maximum atomic E-state index is 12.3. The minimum absolute atomic E-state index is 0.177. The topological polar surface area (TPSA) is 71.3 Å². The van der Waals surface area contributed by atoms with Gasteiger partial charge in [-0.3, -0.25) is 4.79 Å². The number of hydrogen-bond acceptors (Lipinski definition) is 2. The second-order valence-electron chi connectivity index (χ2n) is 5.68. The van der Waals surface area contributed by atoms with Crippen molar-refractivity contribution >= 4 is 22.8 Å². The molecule has 0 fully saturated rings. The van der Waals surface area contributed by atoms with Gasteiger partial charge in [0.1, 0.15) is 11.7 Å². The van der Waals surface area contributed by atoms with Gasteiger partial charge in [-0.1, -0.05) is 25.5 Å². The minimum atomic E-state index is -1.02. The van der Waals surface area contributed by atoms with Crippen LogP contribution in [0.1, 0.15) is 29.9 Å². The number of carbonyl (C=O) groups excluding carboxylic acids is 1. The summed E-state index contributed by atoms with van der Waals surface area (Å²) in [5.74, 6) is -1.57. The van der Waals surface area contributed by atoms with Gasteiger partial charge >= 0.3 is 5.97 Å². The molecule has 1 atom stereocenters. The van der Waals surface area contributed by atoms with Crippen molar-refractivity contribution < 1.29 is 14.7 Å². The molecule has 5 nitrogen and oxygen atoms in total. The summed E-state index contributed by atoms with van der Waals surface area (Å²) >= 11 is 0. The van der Waals surface area contributed by atoms with Gasteiger partial charge in [0, 0.05) is 18.0 Å². The molecule has 21 heavy (non-hydrogen) atoms. The summed E-state index contributed by atoms with van der Waals surface area (Å²) in [6.07, 6.45) is 0. The van der Waals surface area contributed by atoms with Gasteiger partial charge in [0.15, 0.2) is 0 Å². The van der Waals surface area contributed by atoms with E-state index in [1.165, 1.54) is 0 Å². The number of nitrogens with one attached hydrogen (secondary N) is 1. The molecule has 0 spiro atoms. The minimum Gasteiger partial charge on any atom is -0.480 e. The molecule has 2 rings (SSSR count). The molecule has 5 heteroatoms. The lowest BCUT2D eigenvalue weighted by atomic mass is 10.0. The molecular weight excluding hydrogens is 268 g/mol. The van der Waals surface area contributed by atoms with Crippen LogP contribution in [0.5, 0.6) is 0 Å². The zero-order chi connectivity index (χ0) is 15.7. The Morgan fingerprint density at radius 3 is 2.48 bits per heavy atom. The van der Waals surface area contributed by atoms with Crippen LogP contribution in [0.3, 0.4) is 0 Å². The van der Waals surface area contributed by atoms with Gasteiger partial charge in [0.2, 0.25) is 0 Å². The second kappa shape index (κ2) is 5.60. The number of carbonyl (C=O) groups is 2. The molecule has 0 saturated carbocycles. The highest BCUT2D eigenvalue weighted by molar-refractivity contribution is 6.00. The van der Waals surface area contributed by atoms with Crippen LogP contribution in [0.4, 0.5) is 0 Å². The number of rotatable bonds is 4. The highest BCUT2D eigenvalue weighted by atomic mass is 16.4. The molecular formula is C16H20N2O3. The van der Waals surface area contributed by atoms with Crippen LogP contribution in [-0.4, -0.2) is 27.6 Å². The first-order valence-electron chi connectivity index (χ1n) is 6.91. The maximum Gasteiger partial charge on any atom is 0.326 e. The van der Waals surface area contributed by atoms with E-state index in [2.05, 4.69) is 5.32 Å². The van der Waals surface area contributed by atoms with Crippen molar-refractivity contribution in [3.8, 4) is 0 Å². The molecule has 1 unspecified atom stereocenters. The number of fused-ring (bicyclic) bond motifs is 1. The van der Waals surface area contributed by atoms with Gasteiger partial charge in [-0.15, -0.1) is 0 Å². The first kappa shape index (κ1) is 15.1. The van der Waals surface area contributed by atoms with Gasteiger partial charge in [-0.25, -0.2) is 4.79 Å². The Hall–Kier alpha value is -2.30. The quantitative estimate of drug-likeness (QED) is 0.907. The molecule has 0 bridgehead atoms. The number of aliphatic carboxylic acids is 1. The summed E-state index contributed by atoms with van der Waals surface area (Å²) in [5.41, 5.74) is 2.52. The lowest BCUT2D eigenvalue weighted by Gasteiger charge is -2.18. The number of aryl methyl sites for hydroxylation is 2. The zero-order valence-electron chi connectivity index (χ0n) is 12.7. The van der Waals surface area contributed by atoms with E-state index in [4.69, 9.17) is 5.11 Å². The molecule has 2 aromatic rings. The number of amides is 1. The third-order valence-corrected chi connectivity index (χ3v) is 3.65. The van der Waals surface area contributed by atoms with E-state index >= 15 is 0 Å². The zero-order valence-corrected chi connectivity index (χ0v) is 12.7. The number of carboxylic acid groups (broad SMARTS) is 1. The average Bonchev–Trinajstić information content (AvgIpc) is 2.71. The SMILES string of the molecule is Cc1ccc2c(c1)cc(C(=O)NC(C(=O)O)C(C)C)n2C. The van der Waals surface area contributed by atoms with E-state index in [9.17, 15) is 9.59 Å². The maximum absolute atomic E-state index is 12.3. The monoisotopic (exact) mass is 288 g/mol. The fourth-order valence-corrected chi connectivity index (χ4v) is 2.42. The number of hydrogen-bond donors (Lipinski definition) is 2. The number of aromatic nitrogens is 1. The van der Waals surface area contributed by atoms with Gasteiger partial charge in [0.05, 0.1) is 0 Å². The van der Waals surface area contributed by atoms with E-state index in [1.807, 2.05) is 25.1 Å². The molecule has 1 amide bonds. The van der Waals surface area contributed by atoms with Crippen molar-refractivity contribution in [2.24, 2.45) is 13.0 Å². The molecule has 0 saturated heterocycles. The molecule has 0 aliphatic carbocycles. The van der Waals surface area contributed by atoms with E-state index in [0.717, 1.165) is 16.5 Å². The van der Waals surface area contributed by atoms with Crippen molar-refractivity contribution in [2.75, 3.05) is 0 Å². The largest absolute Gasteiger partial charge is 0.480 e. The van der Waals surface area contributed by atoms with Crippen LogP contribution >= 0.6 is 0 Å². The molecule has 1 heterocycles. The molecule has 0 aliphatic rings. The fourth-order valence-electron chi connectivity index (χ4n) is 2.42. The number of nitrogens with zero attached hydrogens (tertiary/aromatic N) is 1. The average molecular weight is 288 g/mol. The van der Waals surface area contributed by atoms with E-state index in [-0.39, 0.29) is 11.8 Å². The van der Waals surface area contributed by atoms with Gasteiger partial charge < -0.3 is 15.0 Å².